The number of aromatic nitrogens is 1. The highest BCUT2D eigenvalue weighted by Gasteiger charge is 2.39. The second-order valence-electron chi connectivity index (χ2n) is 7.55. The molecule has 6 nitrogen and oxygen atoms in total. The second kappa shape index (κ2) is 7.18. The molecule has 0 saturated carbocycles. The molecule has 3 aromatic rings. The normalized spacial score (nSPS) is 18.5. The number of benzene rings is 2. The van der Waals surface area contributed by atoms with Crippen molar-refractivity contribution >= 4 is 29.1 Å². The molecular formula is C23H19N3O3S. The fraction of sp³-hybridized carbons (Fsp3) is 0.217. The topological polar surface area (TPSA) is 79.4 Å². The van der Waals surface area contributed by atoms with E-state index >= 15 is 0 Å². The Morgan fingerprint density at radius 2 is 1.87 bits per heavy atom. The summed E-state index contributed by atoms with van der Waals surface area (Å²) in [5.41, 5.74) is 4.51. The van der Waals surface area contributed by atoms with E-state index < -0.39 is 11.9 Å². The number of hydrogen-bond donors (Lipinski definition) is 1. The van der Waals surface area contributed by atoms with Gasteiger partial charge in [-0.2, -0.15) is 0 Å². The van der Waals surface area contributed by atoms with Gasteiger partial charge in [-0.3, -0.25) is 19.7 Å². The third-order valence-corrected chi connectivity index (χ3v) is 6.59. The molecule has 2 aliphatic rings. The number of amides is 3. The lowest BCUT2D eigenvalue weighted by Crippen LogP contribution is -2.52. The van der Waals surface area contributed by atoms with Gasteiger partial charge >= 0.3 is 0 Å². The third-order valence-electron chi connectivity index (χ3n) is 5.57. The van der Waals surface area contributed by atoms with Crippen molar-refractivity contribution in [1.82, 2.24) is 15.2 Å². The quantitative estimate of drug-likeness (QED) is 0.661. The molecule has 7 heteroatoms. The zero-order chi connectivity index (χ0) is 20.8. The lowest BCUT2D eigenvalue weighted by Gasteiger charge is -2.29. The maximum absolute atomic E-state index is 12.9. The Labute approximate surface area is 177 Å². The van der Waals surface area contributed by atoms with E-state index in [1.807, 2.05) is 55.5 Å². The Morgan fingerprint density at radius 3 is 2.63 bits per heavy atom. The predicted molar refractivity (Wildman–Crippen MR) is 114 cm³/mol. The van der Waals surface area contributed by atoms with Crippen LogP contribution in [0.2, 0.25) is 0 Å². The van der Waals surface area contributed by atoms with E-state index in [-0.39, 0.29) is 18.2 Å². The number of thiazole rings is 1. The smallest absolute Gasteiger partial charge is 0.255 e. The highest BCUT2D eigenvalue weighted by molar-refractivity contribution is 7.15. The molecule has 30 heavy (non-hydrogen) atoms. The minimum atomic E-state index is -0.600. The van der Waals surface area contributed by atoms with Crippen LogP contribution in [0, 0.1) is 6.92 Å². The zero-order valence-electron chi connectivity index (χ0n) is 16.3. The first-order chi connectivity index (χ1) is 14.5. The van der Waals surface area contributed by atoms with E-state index in [0.717, 1.165) is 32.3 Å². The van der Waals surface area contributed by atoms with Gasteiger partial charge in [-0.15, -0.1) is 11.3 Å². The Morgan fingerprint density at radius 1 is 1.07 bits per heavy atom. The van der Waals surface area contributed by atoms with Crippen LogP contribution in [0.3, 0.4) is 0 Å². The first kappa shape index (κ1) is 18.7. The molecule has 5 rings (SSSR count). The van der Waals surface area contributed by atoms with Crippen molar-refractivity contribution in [3.05, 3.63) is 64.7 Å². The van der Waals surface area contributed by atoms with Gasteiger partial charge in [-0.1, -0.05) is 36.4 Å². The molecule has 1 aromatic heterocycles. The molecule has 150 valence electrons. The van der Waals surface area contributed by atoms with Gasteiger partial charge in [0.1, 0.15) is 6.04 Å². The first-order valence-electron chi connectivity index (χ1n) is 9.82. The number of carbonyl (C=O) groups excluding carboxylic acids is 3. The van der Waals surface area contributed by atoms with E-state index in [0.29, 0.717) is 18.5 Å². The van der Waals surface area contributed by atoms with Crippen LogP contribution >= 0.6 is 11.3 Å². The predicted octanol–water partition coefficient (Wildman–Crippen LogP) is 3.55. The number of nitrogens with one attached hydrogen (secondary N) is 1. The summed E-state index contributed by atoms with van der Waals surface area (Å²) in [5, 5.41) is 3.32. The molecule has 1 atom stereocenters. The van der Waals surface area contributed by atoms with Crippen LogP contribution in [-0.4, -0.2) is 33.6 Å². The van der Waals surface area contributed by atoms with Gasteiger partial charge in [-0.25, -0.2) is 4.98 Å². The number of rotatable bonds is 3. The van der Waals surface area contributed by atoms with Crippen molar-refractivity contribution in [2.24, 2.45) is 0 Å². The fourth-order valence-corrected chi connectivity index (χ4v) is 5.07. The van der Waals surface area contributed by atoms with Gasteiger partial charge in [-0.05, 0) is 36.6 Å². The van der Waals surface area contributed by atoms with E-state index in [2.05, 4.69) is 5.32 Å². The zero-order valence-corrected chi connectivity index (χ0v) is 17.2. The molecule has 1 fully saturated rings. The summed E-state index contributed by atoms with van der Waals surface area (Å²) < 4.78 is 0. The second-order valence-corrected chi connectivity index (χ2v) is 8.75. The summed E-state index contributed by atoms with van der Waals surface area (Å²) >= 11 is 1.63. The molecule has 0 spiro atoms. The summed E-state index contributed by atoms with van der Waals surface area (Å²) in [5.74, 6) is -0.830. The minimum absolute atomic E-state index is 0.158. The highest BCUT2D eigenvalue weighted by atomic mass is 32.1. The standard InChI is InChI=1S/C23H19N3O3S/c1-13-24-20(14-5-3-2-4-6-14)21(30-13)15-7-8-17-16(11-15)12-26(23(17)29)18-9-10-19(27)25-22(18)28/h2-8,11,18H,9-10,12H2,1H3,(H,25,27,28). The van der Waals surface area contributed by atoms with E-state index in [1.54, 1.807) is 16.2 Å². The van der Waals surface area contributed by atoms with Crippen LogP contribution in [0.25, 0.3) is 21.7 Å². The molecular weight excluding hydrogens is 398 g/mol. The van der Waals surface area contributed by atoms with Crippen molar-refractivity contribution in [2.45, 2.75) is 32.4 Å². The van der Waals surface area contributed by atoms with Crippen molar-refractivity contribution < 1.29 is 14.4 Å². The van der Waals surface area contributed by atoms with Gasteiger partial charge < -0.3 is 4.90 Å². The van der Waals surface area contributed by atoms with Crippen LogP contribution in [0.15, 0.2) is 48.5 Å². The van der Waals surface area contributed by atoms with E-state index in [1.165, 1.54) is 0 Å². The Balaban J connectivity index is 1.49. The summed E-state index contributed by atoms with van der Waals surface area (Å²) in [7, 11) is 0. The SMILES string of the molecule is Cc1nc(-c2ccccc2)c(-c2ccc3c(c2)CN(C2CCC(=O)NC2=O)C3=O)s1. The lowest BCUT2D eigenvalue weighted by molar-refractivity contribution is -0.136. The van der Waals surface area contributed by atoms with Crippen LogP contribution in [0.5, 0.6) is 0 Å². The van der Waals surface area contributed by atoms with Crippen LogP contribution in [0.1, 0.15) is 33.8 Å². The summed E-state index contributed by atoms with van der Waals surface area (Å²) in [6.07, 6.45) is 0.617. The van der Waals surface area contributed by atoms with Gasteiger partial charge in [0, 0.05) is 24.1 Å². The van der Waals surface area contributed by atoms with Gasteiger partial charge in [0.2, 0.25) is 11.8 Å². The summed E-state index contributed by atoms with van der Waals surface area (Å²) in [4.78, 5) is 44.0. The number of carbonyl (C=O) groups is 3. The van der Waals surface area contributed by atoms with Crippen molar-refractivity contribution in [1.29, 1.82) is 0 Å². The maximum Gasteiger partial charge on any atom is 0.255 e. The van der Waals surface area contributed by atoms with Crippen molar-refractivity contribution in [3.63, 3.8) is 0 Å². The highest BCUT2D eigenvalue weighted by Crippen LogP contribution is 2.39. The number of hydrogen-bond acceptors (Lipinski definition) is 5. The van der Waals surface area contributed by atoms with Crippen LogP contribution < -0.4 is 5.32 Å². The summed E-state index contributed by atoms with van der Waals surface area (Å²) in [6.45, 7) is 2.36. The average molecular weight is 417 g/mol. The molecule has 2 aromatic carbocycles. The number of nitrogens with zero attached hydrogens (tertiary/aromatic N) is 2. The Kier molecular flexibility index (Phi) is 4.47. The van der Waals surface area contributed by atoms with Crippen molar-refractivity contribution in [2.75, 3.05) is 0 Å². The monoisotopic (exact) mass is 417 g/mol. The van der Waals surface area contributed by atoms with E-state index in [4.69, 9.17) is 4.98 Å². The number of piperidine rings is 1. The maximum atomic E-state index is 12.9. The van der Waals surface area contributed by atoms with Gasteiger partial charge in [0.05, 0.1) is 15.6 Å². The molecule has 3 heterocycles. The minimum Gasteiger partial charge on any atom is -0.322 e. The average Bonchev–Trinajstić information content (AvgIpc) is 3.29. The fourth-order valence-electron chi connectivity index (χ4n) is 4.13. The number of fused-ring (bicyclic) bond motifs is 1. The molecule has 0 aliphatic carbocycles. The Bertz CT molecular complexity index is 1190. The molecule has 1 saturated heterocycles. The largest absolute Gasteiger partial charge is 0.322 e. The van der Waals surface area contributed by atoms with Gasteiger partial charge in [0.25, 0.3) is 5.91 Å². The van der Waals surface area contributed by atoms with Crippen LogP contribution in [0.4, 0.5) is 0 Å². The molecule has 2 aliphatic heterocycles. The first-order valence-corrected chi connectivity index (χ1v) is 10.6. The molecule has 0 bridgehead atoms. The summed E-state index contributed by atoms with van der Waals surface area (Å²) in [6, 6.07) is 15.3. The molecule has 1 unspecified atom stereocenters. The molecule has 0 radical (unpaired) electrons. The van der Waals surface area contributed by atoms with Gasteiger partial charge in [0.15, 0.2) is 0 Å². The number of imide groups is 1. The molecule has 1 N–H and O–H groups in total. The molecule has 3 amide bonds. The number of aryl methyl sites for hydroxylation is 1. The van der Waals surface area contributed by atoms with E-state index in [9.17, 15) is 14.4 Å². The lowest BCUT2D eigenvalue weighted by atomic mass is 10.0. The third kappa shape index (κ3) is 3.11. The van der Waals surface area contributed by atoms with Crippen LogP contribution in [-0.2, 0) is 16.1 Å². The van der Waals surface area contributed by atoms with Crippen molar-refractivity contribution in [3.8, 4) is 21.7 Å². The Hall–Kier alpha value is -3.32.